The number of ether oxygens (including phenoxy) is 1. The molecule has 1 aromatic carbocycles. The number of allylic oxidation sites excluding steroid dienone is 3. The number of rotatable bonds is 7. The highest BCUT2D eigenvalue weighted by Gasteiger charge is 2.48. The van der Waals surface area contributed by atoms with Gasteiger partial charge in [-0.15, -0.1) is 0 Å². The van der Waals surface area contributed by atoms with Crippen molar-refractivity contribution >= 4 is 17.7 Å². The average Bonchev–Trinajstić information content (AvgIpc) is 2.95. The number of pyridine rings is 1. The molecule has 0 spiro atoms. The highest BCUT2D eigenvalue weighted by Crippen LogP contribution is 2.35. The number of nitrogens with zero attached hydrogens (tertiary/aromatic N) is 2. The fourth-order valence-electron chi connectivity index (χ4n) is 4.94. The quantitative estimate of drug-likeness (QED) is 0.464. The molecule has 1 aliphatic heterocycles. The Morgan fingerprint density at radius 1 is 1.05 bits per heavy atom. The molecule has 2 aromatic rings. The Bertz CT molecular complexity index is 1390. The molecule has 2 unspecified atom stereocenters. The number of halogens is 6. The maximum absolute atomic E-state index is 13.8. The molecule has 4 rings (SSSR count). The van der Waals surface area contributed by atoms with Crippen LogP contribution < -0.4 is 15.8 Å². The lowest BCUT2D eigenvalue weighted by molar-refractivity contribution is -0.144. The first-order valence-corrected chi connectivity index (χ1v) is 12.8. The Morgan fingerprint density at radius 2 is 1.76 bits per heavy atom. The van der Waals surface area contributed by atoms with Gasteiger partial charge in [-0.05, 0) is 49.6 Å². The third kappa shape index (κ3) is 6.74. The molecule has 3 N–H and O–H groups in total. The second-order valence-corrected chi connectivity index (χ2v) is 9.93. The van der Waals surface area contributed by atoms with Crippen LogP contribution in [0.15, 0.2) is 67.0 Å². The van der Waals surface area contributed by atoms with Crippen LogP contribution in [0.4, 0.5) is 26.3 Å². The van der Waals surface area contributed by atoms with E-state index in [1.54, 1.807) is 24.3 Å². The monoisotopic (exact) mass is 596 g/mol. The van der Waals surface area contributed by atoms with Crippen LogP contribution in [0, 0.1) is 5.92 Å². The molecule has 8 nitrogen and oxygen atoms in total. The standard InChI is InChI=1S/C28H26F6N4O4/c29-27(30,31)18-7-9-19(10-8-18)42-26(25(41)37-22(23(35)39)17-5-2-1-3-6-17)12-4-14-38(16-26)24(40)20-15-36-13-11-21(20)28(32,33)34/h1-3,5,7-11,13,15,17,22H,4,6,12,14,16H2,(H2,35,39)(H,37,41)/t17?,22-,26?/m1/s1. The highest BCUT2D eigenvalue weighted by molar-refractivity contribution is 5.97. The molecule has 0 saturated carbocycles. The molecule has 0 radical (unpaired) electrons. The van der Waals surface area contributed by atoms with Gasteiger partial charge in [0.25, 0.3) is 11.8 Å². The van der Waals surface area contributed by atoms with Crippen molar-refractivity contribution in [2.45, 2.75) is 43.3 Å². The number of hydrogen-bond donors (Lipinski definition) is 2. The lowest BCUT2D eigenvalue weighted by atomic mass is 9.88. The van der Waals surface area contributed by atoms with Crippen LogP contribution in [0.25, 0.3) is 0 Å². The van der Waals surface area contributed by atoms with Crippen LogP contribution in [0.1, 0.15) is 40.7 Å². The second kappa shape index (κ2) is 11.9. The summed E-state index contributed by atoms with van der Waals surface area (Å²) in [5, 5.41) is 2.55. The molecule has 1 saturated heterocycles. The van der Waals surface area contributed by atoms with Crippen molar-refractivity contribution in [1.29, 1.82) is 0 Å². The zero-order valence-electron chi connectivity index (χ0n) is 21.9. The van der Waals surface area contributed by atoms with E-state index in [1.807, 2.05) is 0 Å². The van der Waals surface area contributed by atoms with Gasteiger partial charge in [-0.1, -0.05) is 24.3 Å². The molecule has 42 heavy (non-hydrogen) atoms. The number of likely N-dealkylation sites (tertiary alicyclic amines) is 1. The number of carbonyl (C=O) groups is 3. The topological polar surface area (TPSA) is 115 Å². The van der Waals surface area contributed by atoms with E-state index in [4.69, 9.17) is 10.5 Å². The van der Waals surface area contributed by atoms with Gasteiger partial charge in [0.1, 0.15) is 11.8 Å². The predicted molar refractivity (Wildman–Crippen MR) is 137 cm³/mol. The summed E-state index contributed by atoms with van der Waals surface area (Å²) in [6.45, 7) is -0.622. The summed E-state index contributed by atoms with van der Waals surface area (Å²) in [7, 11) is 0. The number of benzene rings is 1. The van der Waals surface area contributed by atoms with Crippen LogP contribution in [-0.2, 0) is 21.9 Å². The summed E-state index contributed by atoms with van der Waals surface area (Å²) in [4.78, 5) is 44.1. The van der Waals surface area contributed by atoms with Crippen molar-refractivity contribution < 1.29 is 45.5 Å². The smallest absolute Gasteiger partial charge is 0.417 e. The minimum absolute atomic E-state index is 0.0498. The zero-order valence-corrected chi connectivity index (χ0v) is 21.9. The molecule has 1 aromatic heterocycles. The molecule has 0 bridgehead atoms. The molecule has 1 fully saturated rings. The third-order valence-corrected chi connectivity index (χ3v) is 7.04. The first kappa shape index (κ1) is 30.6. The van der Waals surface area contributed by atoms with E-state index in [9.17, 15) is 40.7 Å². The van der Waals surface area contributed by atoms with E-state index >= 15 is 0 Å². The zero-order chi connectivity index (χ0) is 30.7. The van der Waals surface area contributed by atoms with E-state index in [1.165, 1.54) is 0 Å². The molecule has 224 valence electrons. The molecule has 14 heteroatoms. The van der Waals surface area contributed by atoms with Crippen molar-refractivity contribution in [3.05, 3.63) is 83.7 Å². The average molecular weight is 597 g/mol. The number of primary amides is 1. The molecule has 3 amide bonds. The van der Waals surface area contributed by atoms with Crippen molar-refractivity contribution in [3.8, 4) is 5.75 Å². The van der Waals surface area contributed by atoms with Gasteiger partial charge in [0.15, 0.2) is 0 Å². The SMILES string of the molecule is NC(=O)[C@H](NC(=O)C1(Oc2ccc(C(F)(F)F)cc2)CCCN(C(=O)c2cnccc2C(F)(F)F)C1)C1C=CC=CC1. The summed E-state index contributed by atoms with van der Waals surface area (Å²) >= 11 is 0. The van der Waals surface area contributed by atoms with Crippen LogP contribution >= 0.6 is 0 Å². The first-order valence-electron chi connectivity index (χ1n) is 12.8. The Hall–Kier alpha value is -4.36. The minimum atomic E-state index is -4.87. The van der Waals surface area contributed by atoms with Gasteiger partial charge in [0.2, 0.25) is 11.5 Å². The van der Waals surface area contributed by atoms with Gasteiger partial charge >= 0.3 is 12.4 Å². The number of carbonyl (C=O) groups excluding carboxylic acids is 3. The fourth-order valence-corrected chi connectivity index (χ4v) is 4.94. The van der Waals surface area contributed by atoms with E-state index < -0.39 is 70.9 Å². The fraction of sp³-hybridized carbons (Fsp3) is 0.357. The van der Waals surface area contributed by atoms with Gasteiger partial charge in [0, 0.05) is 24.9 Å². The molecular formula is C28H26F6N4O4. The van der Waals surface area contributed by atoms with Crippen LogP contribution in [-0.4, -0.2) is 52.3 Å². The number of hydrogen-bond acceptors (Lipinski definition) is 5. The van der Waals surface area contributed by atoms with E-state index in [-0.39, 0.29) is 25.1 Å². The normalized spacial score (nSPS) is 21.5. The minimum Gasteiger partial charge on any atom is -0.476 e. The molecular weight excluding hydrogens is 570 g/mol. The van der Waals surface area contributed by atoms with Crippen molar-refractivity contribution in [2.75, 3.05) is 13.1 Å². The lowest BCUT2D eigenvalue weighted by Gasteiger charge is -2.42. The third-order valence-electron chi connectivity index (χ3n) is 7.04. The number of aromatic nitrogens is 1. The van der Waals surface area contributed by atoms with Gasteiger partial charge in [0.05, 0.1) is 23.2 Å². The number of alkyl halides is 6. The summed E-state index contributed by atoms with van der Waals surface area (Å²) in [5.41, 5.74) is 0.635. The molecule has 1 aliphatic carbocycles. The first-order chi connectivity index (χ1) is 19.7. The van der Waals surface area contributed by atoms with Crippen LogP contribution in [0.3, 0.4) is 0 Å². The lowest BCUT2D eigenvalue weighted by Crippen LogP contribution is -2.64. The molecule has 3 atom stereocenters. The number of nitrogens with one attached hydrogen (secondary N) is 1. The predicted octanol–water partition coefficient (Wildman–Crippen LogP) is 4.28. The van der Waals surface area contributed by atoms with Crippen molar-refractivity contribution in [1.82, 2.24) is 15.2 Å². The van der Waals surface area contributed by atoms with Crippen molar-refractivity contribution in [2.24, 2.45) is 11.7 Å². The van der Waals surface area contributed by atoms with Gasteiger partial charge in [-0.25, -0.2) is 0 Å². The number of amides is 3. The number of piperidine rings is 1. The Labute approximate surface area is 236 Å². The highest BCUT2D eigenvalue weighted by atomic mass is 19.4. The van der Waals surface area contributed by atoms with E-state index in [0.717, 1.165) is 41.6 Å². The van der Waals surface area contributed by atoms with Crippen molar-refractivity contribution in [3.63, 3.8) is 0 Å². The van der Waals surface area contributed by atoms with E-state index in [0.29, 0.717) is 12.5 Å². The van der Waals surface area contributed by atoms with Crippen LogP contribution in [0.5, 0.6) is 5.75 Å². The van der Waals surface area contributed by atoms with Gasteiger partial charge < -0.3 is 20.7 Å². The van der Waals surface area contributed by atoms with Crippen LogP contribution in [0.2, 0.25) is 0 Å². The maximum Gasteiger partial charge on any atom is 0.417 e. The Morgan fingerprint density at radius 3 is 2.36 bits per heavy atom. The largest absolute Gasteiger partial charge is 0.476 e. The molecule has 2 heterocycles. The van der Waals surface area contributed by atoms with E-state index in [2.05, 4.69) is 10.3 Å². The maximum atomic E-state index is 13.8. The summed E-state index contributed by atoms with van der Waals surface area (Å²) < 4.78 is 86.2. The summed E-state index contributed by atoms with van der Waals surface area (Å²) in [5.74, 6) is -3.54. The second-order valence-electron chi connectivity index (χ2n) is 9.93. The number of nitrogens with two attached hydrogens (primary N) is 1. The summed E-state index contributed by atoms with van der Waals surface area (Å²) in [6, 6.07) is 2.89. The van der Waals surface area contributed by atoms with Gasteiger partial charge in [-0.2, -0.15) is 26.3 Å². The molecule has 2 aliphatic rings. The Kier molecular flexibility index (Phi) is 8.64. The summed E-state index contributed by atoms with van der Waals surface area (Å²) in [6.07, 6.45) is -0.659. The van der Waals surface area contributed by atoms with Gasteiger partial charge in [-0.3, -0.25) is 19.4 Å². The Balaban J connectivity index is 1.69.